The molecule has 0 aliphatic rings. The normalized spacial score (nSPS) is 11.3. The zero-order valence-electron chi connectivity index (χ0n) is 12.3. The fourth-order valence-corrected chi connectivity index (χ4v) is 1.72. The first-order chi connectivity index (χ1) is 9.54. The van der Waals surface area contributed by atoms with Gasteiger partial charge in [-0.3, -0.25) is 0 Å². The highest BCUT2D eigenvalue weighted by molar-refractivity contribution is 14.0. The number of hydrogen-bond donors (Lipinski definition) is 2. The van der Waals surface area contributed by atoms with Crippen molar-refractivity contribution in [2.24, 2.45) is 10.7 Å². The molecule has 0 atom stereocenters. The Kier molecular flexibility index (Phi) is 6.60. The first-order valence-corrected chi connectivity index (χ1v) is 6.50. The van der Waals surface area contributed by atoms with Crippen molar-refractivity contribution in [1.29, 1.82) is 0 Å². The van der Waals surface area contributed by atoms with Gasteiger partial charge in [0.1, 0.15) is 6.54 Å². The summed E-state index contributed by atoms with van der Waals surface area (Å²) in [5.74, 6) is 1.83. The number of aromatic nitrogens is 2. The molecule has 0 saturated carbocycles. The highest BCUT2D eigenvalue weighted by Crippen LogP contribution is 2.18. The Hall–Kier alpha value is -1.64. The average Bonchev–Trinajstić information content (AvgIpc) is 2.82. The standard InChI is InChI=1S/C14H19N5O.HI/c1-9(2)11-5-4-6-12(7-11)18-14(15)16-8-13-17-10(3)20-19-13;/h4-7,9H,8H2,1-3H3,(H3,15,16,18);1H. The van der Waals surface area contributed by atoms with Crippen LogP contribution >= 0.6 is 24.0 Å². The van der Waals surface area contributed by atoms with Gasteiger partial charge in [0.15, 0.2) is 11.8 Å². The molecule has 0 bridgehead atoms. The van der Waals surface area contributed by atoms with Crippen LogP contribution in [0.1, 0.15) is 37.0 Å². The molecule has 6 nitrogen and oxygen atoms in total. The number of aliphatic imine (C=N–C) groups is 1. The topological polar surface area (TPSA) is 89.3 Å². The number of guanidine groups is 1. The van der Waals surface area contributed by atoms with Crippen LogP contribution in [0.4, 0.5) is 5.69 Å². The van der Waals surface area contributed by atoms with Gasteiger partial charge in [0.2, 0.25) is 5.89 Å². The molecule has 2 rings (SSSR count). The summed E-state index contributed by atoms with van der Waals surface area (Å²) in [4.78, 5) is 8.23. The third kappa shape index (κ3) is 5.33. The van der Waals surface area contributed by atoms with Crippen molar-refractivity contribution in [2.45, 2.75) is 33.2 Å². The molecule has 7 heteroatoms. The minimum absolute atomic E-state index is 0. The van der Waals surface area contributed by atoms with Crippen molar-refractivity contribution in [2.75, 3.05) is 5.32 Å². The summed E-state index contributed by atoms with van der Waals surface area (Å²) in [6.07, 6.45) is 0. The smallest absolute Gasteiger partial charge is 0.223 e. The molecular formula is C14H20IN5O. The fraction of sp³-hybridized carbons (Fsp3) is 0.357. The lowest BCUT2D eigenvalue weighted by atomic mass is 10.0. The molecule has 1 aromatic heterocycles. The third-order valence-corrected chi connectivity index (χ3v) is 2.79. The van der Waals surface area contributed by atoms with Gasteiger partial charge in [0.05, 0.1) is 0 Å². The maximum atomic E-state index is 5.84. The van der Waals surface area contributed by atoms with Crippen molar-refractivity contribution in [3.05, 3.63) is 41.5 Å². The number of rotatable bonds is 4. The Morgan fingerprint density at radius 1 is 1.43 bits per heavy atom. The van der Waals surface area contributed by atoms with Crippen LogP contribution in [0.5, 0.6) is 0 Å². The summed E-state index contributed by atoms with van der Waals surface area (Å²) in [5.41, 5.74) is 8.00. The molecule has 0 aliphatic carbocycles. The number of halogens is 1. The summed E-state index contributed by atoms with van der Waals surface area (Å²) >= 11 is 0. The lowest BCUT2D eigenvalue weighted by molar-refractivity contribution is 0.387. The first-order valence-electron chi connectivity index (χ1n) is 6.50. The third-order valence-electron chi connectivity index (χ3n) is 2.79. The van der Waals surface area contributed by atoms with Crippen LogP contribution in [0.25, 0.3) is 0 Å². The van der Waals surface area contributed by atoms with E-state index in [4.69, 9.17) is 10.3 Å². The monoisotopic (exact) mass is 401 g/mol. The summed E-state index contributed by atoms with van der Waals surface area (Å²) < 4.78 is 4.87. The van der Waals surface area contributed by atoms with E-state index in [9.17, 15) is 0 Å². The van der Waals surface area contributed by atoms with Crippen LogP contribution in [0.2, 0.25) is 0 Å². The molecule has 0 amide bonds. The maximum Gasteiger partial charge on any atom is 0.223 e. The van der Waals surface area contributed by atoms with Crippen molar-refractivity contribution < 1.29 is 4.52 Å². The van der Waals surface area contributed by atoms with Gasteiger partial charge in [-0.05, 0) is 23.6 Å². The van der Waals surface area contributed by atoms with Gasteiger partial charge in [-0.1, -0.05) is 31.1 Å². The molecule has 1 heterocycles. The van der Waals surface area contributed by atoms with Crippen molar-refractivity contribution in [3.63, 3.8) is 0 Å². The van der Waals surface area contributed by atoms with Crippen LogP contribution in [-0.2, 0) is 6.54 Å². The van der Waals surface area contributed by atoms with Gasteiger partial charge in [-0.15, -0.1) is 24.0 Å². The Bertz CT molecular complexity index is 609. The van der Waals surface area contributed by atoms with Gasteiger partial charge in [0, 0.05) is 12.6 Å². The Morgan fingerprint density at radius 3 is 2.81 bits per heavy atom. The minimum atomic E-state index is 0. The van der Waals surface area contributed by atoms with E-state index in [1.54, 1.807) is 6.92 Å². The van der Waals surface area contributed by atoms with Crippen LogP contribution in [0, 0.1) is 6.92 Å². The van der Waals surface area contributed by atoms with Crippen LogP contribution in [0.3, 0.4) is 0 Å². The molecule has 0 radical (unpaired) electrons. The van der Waals surface area contributed by atoms with E-state index < -0.39 is 0 Å². The molecule has 114 valence electrons. The summed E-state index contributed by atoms with van der Waals surface area (Å²) in [5, 5.41) is 6.81. The highest BCUT2D eigenvalue weighted by atomic mass is 127. The van der Waals surface area contributed by atoms with E-state index in [0.29, 0.717) is 30.1 Å². The average molecular weight is 401 g/mol. The molecule has 2 aromatic rings. The fourth-order valence-electron chi connectivity index (χ4n) is 1.72. The molecule has 0 spiro atoms. The number of aryl methyl sites for hydroxylation is 1. The predicted molar refractivity (Wildman–Crippen MR) is 93.9 cm³/mol. The van der Waals surface area contributed by atoms with E-state index in [1.165, 1.54) is 5.56 Å². The van der Waals surface area contributed by atoms with E-state index in [1.807, 2.05) is 12.1 Å². The van der Waals surface area contributed by atoms with Gasteiger partial charge >= 0.3 is 0 Å². The van der Waals surface area contributed by atoms with E-state index in [0.717, 1.165) is 5.69 Å². The zero-order valence-corrected chi connectivity index (χ0v) is 14.7. The molecule has 0 saturated heterocycles. The van der Waals surface area contributed by atoms with Gasteiger partial charge in [0.25, 0.3) is 0 Å². The van der Waals surface area contributed by atoms with Crippen LogP contribution in [0.15, 0.2) is 33.8 Å². The minimum Gasteiger partial charge on any atom is -0.370 e. The molecule has 1 aromatic carbocycles. The molecule has 0 unspecified atom stereocenters. The second-order valence-electron chi connectivity index (χ2n) is 4.84. The summed E-state index contributed by atoms with van der Waals surface area (Å²) in [6, 6.07) is 8.09. The van der Waals surface area contributed by atoms with E-state index >= 15 is 0 Å². The molecule has 3 N–H and O–H groups in total. The van der Waals surface area contributed by atoms with E-state index in [2.05, 4.69) is 46.4 Å². The quantitative estimate of drug-likeness (QED) is 0.467. The number of hydrogen-bond acceptors (Lipinski definition) is 4. The summed E-state index contributed by atoms with van der Waals surface area (Å²) in [6.45, 7) is 6.32. The summed E-state index contributed by atoms with van der Waals surface area (Å²) in [7, 11) is 0. The largest absolute Gasteiger partial charge is 0.370 e. The van der Waals surface area contributed by atoms with Crippen LogP contribution < -0.4 is 11.1 Å². The Labute approximate surface area is 141 Å². The lowest BCUT2D eigenvalue weighted by Crippen LogP contribution is -2.22. The van der Waals surface area contributed by atoms with Gasteiger partial charge < -0.3 is 15.6 Å². The number of anilines is 1. The molecule has 0 fully saturated rings. The van der Waals surface area contributed by atoms with Crippen molar-refractivity contribution in [3.8, 4) is 0 Å². The second kappa shape index (κ2) is 7.96. The highest BCUT2D eigenvalue weighted by Gasteiger charge is 2.03. The SMILES string of the molecule is Cc1nc(CN=C(N)Nc2cccc(C(C)C)c2)no1.I. The van der Waals surface area contributed by atoms with Crippen LogP contribution in [-0.4, -0.2) is 16.1 Å². The Morgan fingerprint density at radius 2 is 2.19 bits per heavy atom. The zero-order chi connectivity index (χ0) is 14.5. The molecule has 0 aliphatic heterocycles. The Balaban J connectivity index is 0.00000220. The predicted octanol–water partition coefficient (Wildman–Crippen LogP) is 3.05. The lowest BCUT2D eigenvalue weighted by Gasteiger charge is -2.09. The number of nitrogens with zero attached hydrogens (tertiary/aromatic N) is 3. The molecular weight excluding hydrogens is 381 g/mol. The van der Waals surface area contributed by atoms with Gasteiger partial charge in [-0.25, -0.2) is 4.99 Å². The van der Waals surface area contributed by atoms with Gasteiger partial charge in [-0.2, -0.15) is 4.98 Å². The maximum absolute atomic E-state index is 5.84. The van der Waals surface area contributed by atoms with Crippen molar-refractivity contribution in [1.82, 2.24) is 10.1 Å². The number of nitrogens with one attached hydrogen (secondary N) is 1. The van der Waals surface area contributed by atoms with Crippen molar-refractivity contribution >= 4 is 35.6 Å². The number of nitrogens with two attached hydrogens (primary N) is 1. The number of benzene rings is 1. The molecule has 21 heavy (non-hydrogen) atoms. The van der Waals surface area contributed by atoms with E-state index in [-0.39, 0.29) is 24.0 Å². The second-order valence-corrected chi connectivity index (χ2v) is 4.84. The first kappa shape index (κ1) is 17.4.